The molecule has 3 aliphatic carbocycles. The highest BCUT2D eigenvalue weighted by molar-refractivity contribution is 6.45. The van der Waals surface area contributed by atoms with Crippen molar-refractivity contribution in [3.63, 3.8) is 0 Å². The molecule has 0 radical (unpaired) electrons. The summed E-state index contributed by atoms with van der Waals surface area (Å²) in [6, 6.07) is 4.89. The van der Waals surface area contributed by atoms with Gasteiger partial charge in [0.25, 0.3) is 11.5 Å². The first-order valence-corrected chi connectivity index (χ1v) is 10.6. The van der Waals surface area contributed by atoms with Crippen LogP contribution in [0.3, 0.4) is 0 Å². The minimum absolute atomic E-state index is 0.0644. The number of nitriles is 1. The van der Waals surface area contributed by atoms with Gasteiger partial charge in [0.05, 0.1) is 15.7 Å². The van der Waals surface area contributed by atoms with Gasteiger partial charge in [0, 0.05) is 11.1 Å². The maximum absolute atomic E-state index is 12.4. The van der Waals surface area contributed by atoms with E-state index in [1.165, 1.54) is 5.01 Å². The fourth-order valence-electron chi connectivity index (χ4n) is 4.55. The van der Waals surface area contributed by atoms with Crippen LogP contribution in [0, 0.1) is 11.3 Å². The number of halogens is 2. The van der Waals surface area contributed by atoms with Crippen LogP contribution in [0.1, 0.15) is 48.6 Å². The third-order valence-electron chi connectivity index (χ3n) is 5.98. The van der Waals surface area contributed by atoms with Crippen LogP contribution in [0.5, 0.6) is 11.6 Å². The highest BCUT2D eigenvalue weighted by atomic mass is 35.5. The number of rotatable bonds is 3. The Morgan fingerprint density at radius 1 is 1.10 bits per heavy atom. The molecule has 2 bridgehead atoms. The number of anilines is 1. The molecule has 2 N–H and O–H groups in total. The van der Waals surface area contributed by atoms with Gasteiger partial charge in [0.15, 0.2) is 5.75 Å². The third-order valence-corrected chi connectivity index (χ3v) is 6.54. The summed E-state index contributed by atoms with van der Waals surface area (Å²) in [4.78, 5) is 24.0. The summed E-state index contributed by atoms with van der Waals surface area (Å²) in [7, 11) is 0. The van der Waals surface area contributed by atoms with E-state index in [-0.39, 0.29) is 45.6 Å². The van der Waals surface area contributed by atoms with Crippen molar-refractivity contribution < 1.29 is 9.53 Å². The van der Waals surface area contributed by atoms with Crippen LogP contribution in [0.4, 0.5) is 5.69 Å². The molecule has 1 saturated carbocycles. The second-order valence-corrected chi connectivity index (χ2v) is 8.51. The van der Waals surface area contributed by atoms with Crippen LogP contribution < -0.4 is 20.6 Å². The summed E-state index contributed by atoms with van der Waals surface area (Å²) in [5, 5.41) is 24.1. The fourth-order valence-corrected chi connectivity index (χ4v) is 5.10. The van der Waals surface area contributed by atoms with E-state index in [1.54, 1.807) is 18.2 Å². The van der Waals surface area contributed by atoms with E-state index in [4.69, 9.17) is 33.2 Å². The number of aromatic nitrogens is 2. The Bertz CT molecular complexity index is 1200. The predicted molar refractivity (Wildman–Crippen MR) is 114 cm³/mol. The van der Waals surface area contributed by atoms with Crippen LogP contribution in [-0.2, 0) is 4.79 Å². The maximum Gasteiger partial charge on any atom is 0.284 e. The molecule has 1 aliphatic heterocycles. The molecule has 0 atom stereocenters. The predicted octanol–water partition coefficient (Wildman–Crippen LogP) is 3.40. The number of hydrogen-bond acceptors (Lipinski definition) is 7. The molecule has 9 nitrogen and oxygen atoms in total. The largest absolute Gasteiger partial charge is 0.434 e. The number of hydrazone groups is 1. The van der Waals surface area contributed by atoms with E-state index in [0.717, 1.165) is 36.8 Å². The van der Waals surface area contributed by atoms with Gasteiger partial charge in [-0.25, -0.2) is 10.1 Å². The molecule has 31 heavy (non-hydrogen) atoms. The highest BCUT2D eigenvalue weighted by Gasteiger charge is 2.38. The maximum atomic E-state index is 12.4. The molecule has 11 heteroatoms. The normalized spacial score (nSPS) is 21.8. The van der Waals surface area contributed by atoms with Gasteiger partial charge in [-0.05, 0) is 49.7 Å². The number of hydrogen-bond donors (Lipinski definition) is 2. The van der Waals surface area contributed by atoms with Crippen molar-refractivity contribution in [1.82, 2.24) is 15.5 Å². The number of fused-ring (bicyclic) bond motifs is 2. The average Bonchev–Trinajstić information content (AvgIpc) is 2.78. The lowest BCUT2D eigenvalue weighted by Gasteiger charge is -2.37. The SMILES string of the molecule is N#CC1=NN(c2cc(Cl)c(Oc3n[nH]c(=O)c4c3C3CCC4CC3)c(Cl)c2)CNC1=O. The van der Waals surface area contributed by atoms with Crippen molar-refractivity contribution in [2.75, 3.05) is 11.7 Å². The molecule has 1 amide bonds. The van der Waals surface area contributed by atoms with E-state index in [1.807, 2.05) is 0 Å². The lowest BCUT2D eigenvalue weighted by molar-refractivity contribution is -0.115. The number of benzene rings is 1. The number of nitrogens with one attached hydrogen (secondary N) is 2. The Labute approximate surface area is 186 Å². The van der Waals surface area contributed by atoms with Gasteiger partial charge < -0.3 is 10.1 Å². The number of carbonyl (C=O) groups is 1. The molecule has 2 heterocycles. The molecule has 158 valence electrons. The zero-order valence-corrected chi connectivity index (χ0v) is 17.6. The quantitative estimate of drug-likeness (QED) is 0.725. The Morgan fingerprint density at radius 3 is 2.39 bits per heavy atom. The number of ether oxygens (including phenoxy) is 1. The molecule has 6 rings (SSSR count). The van der Waals surface area contributed by atoms with Crippen molar-refractivity contribution >= 4 is 40.5 Å². The molecule has 4 aliphatic rings. The summed E-state index contributed by atoms with van der Waals surface area (Å²) in [5.74, 6) is 0.441. The van der Waals surface area contributed by atoms with Crippen molar-refractivity contribution in [2.45, 2.75) is 37.5 Å². The summed E-state index contributed by atoms with van der Waals surface area (Å²) in [6.07, 6.45) is 3.99. The summed E-state index contributed by atoms with van der Waals surface area (Å²) >= 11 is 12.9. The smallest absolute Gasteiger partial charge is 0.284 e. The second kappa shape index (κ2) is 7.55. The number of H-pyrrole nitrogens is 1. The van der Waals surface area contributed by atoms with Crippen LogP contribution in [-0.4, -0.2) is 28.5 Å². The van der Waals surface area contributed by atoms with E-state index >= 15 is 0 Å². The molecule has 1 aromatic carbocycles. The van der Waals surface area contributed by atoms with E-state index in [9.17, 15) is 9.59 Å². The van der Waals surface area contributed by atoms with Gasteiger partial charge in [-0.15, -0.1) is 5.10 Å². The van der Waals surface area contributed by atoms with Gasteiger partial charge in [-0.2, -0.15) is 10.4 Å². The molecule has 0 unspecified atom stereocenters. The first-order valence-electron chi connectivity index (χ1n) is 9.80. The summed E-state index contributed by atoms with van der Waals surface area (Å²) in [6.45, 7) is 0.0644. The third kappa shape index (κ3) is 3.32. The van der Waals surface area contributed by atoms with Crippen LogP contribution >= 0.6 is 23.2 Å². The molecule has 2 aromatic rings. The molecule has 0 spiro atoms. The Balaban J connectivity index is 1.51. The van der Waals surface area contributed by atoms with Crippen molar-refractivity contribution in [2.24, 2.45) is 5.10 Å². The number of amides is 1. The number of aromatic amines is 1. The minimum atomic E-state index is -0.542. The van der Waals surface area contributed by atoms with Crippen LogP contribution in [0.25, 0.3) is 0 Å². The molecule has 1 fully saturated rings. The van der Waals surface area contributed by atoms with Crippen molar-refractivity contribution in [1.29, 1.82) is 5.26 Å². The topological polar surface area (TPSA) is 123 Å². The zero-order chi connectivity index (χ0) is 21.7. The molecular weight excluding hydrogens is 443 g/mol. The van der Waals surface area contributed by atoms with Crippen molar-refractivity contribution in [3.05, 3.63) is 43.7 Å². The Kier molecular flexibility index (Phi) is 4.84. The molecule has 1 aromatic heterocycles. The Morgan fingerprint density at radius 2 is 1.74 bits per heavy atom. The number of nitrogens with zero attached hydrogens (tertiary/aromatic N) is 4. The summed E-state index contributed by atoms with van der Waals surface area (Å²) < 4.78 is 6.03. The highest BCUT2D eigenvalue weighted by Crippen LogP contribution is 2.51. The lowest BCUT2D eigenvalue weighted by Crippen LogP contribution is -2.44. The van der Waals surface area contributed by atoms with E-state index in [0.29, 0.717) is 11.6 Å². The standard InChI is InChI=1S/C20H16Cl2N6O3/c21-12-5-11(28-8-24-18(29)14(7-23)27-28)6-13(22)17(12)31-20-16-10-3-1-9(2-4-10)15(16)19(30)25-26-20/h5-6,9-10H,1-4,8H2,(H,24,29)(H,25,30). The summed E-state index contributed by atoms with van der Waals surface area (Å²) in [5.41, 5.74) is 1.66. The van der Waals surface area contributed by atoms with E-state index in [2.05, 4.69) is 20.6 Å². The van der Waals surface area contributed by atoms with Crippen LogP contribution in [0.2, 0.25) is 10.0 Å². The van der Waals surface area contributed by atoms with Gasteiger partial charge in [0.2, 0.25) is 11.6 Å². The van der Waals surface area contributed by atoms with Gasteiger partial charge in [-0.3, -0.25) is 9.59 Å². The lowest BCUT2D eigenvalue weighted by atomic mass is 9.68. The first kappa shape index (κ1) is 19.8. The van der Waals surface area contributed by atoms with Gasteiger partial charge in [-0.1, -0.05) is 23.2 Å². The number of carbonyl (C=O) groups excluding carboxylic acids is 1. The minimum Gasteiger partial charge on any atom is -0.434 e. The first-order chi connectivity index (χ1) is 15.0. The van der Waals surface area contributed by atoms with E-state index < -0.39 is 5.91 Å². The molecule has 0 saturated heterocycles. The second-order valence-electron chi connectivity index (χ2n) is 7.70. The van der Waals surface area contributed by atoms with Crippen LogP contribution in [0.15, 0.2) is 22.0 Å². The monoisotopic (exact) mass is 458 g/mol. The van der Waals surface area contributed by atoms with Gasteiger partial charge >= 0.3 is 0 Å². The zero-order valence-electron chi connectivity index (χ0n) is 16.1. The average molecular weight is 459 g/mol. The Hall–Kier alpha value is -3.09. The van der Waals surface area contributed by atoms with Crippen molar-refractivity contribution in [3.8, 4) is 17.7 Å². The van der Waals surface area contributed by atoms with Gasteiger partial charge in [0.1, 0.15) is 12.7 Å². The molecular formula is C20H16Cl2N6O3. The fraction of sp³-hybridized carbons (Fsp3) is 0.350.